The highest BCUT2D eigenvalue weighted by Crippen LogP contribution is 2.45. The van der Waals surface area contributed by atoms with Crippen molar-refractivity contribution in [2.24, 2.45) is 11.8 Å². The second kappa shape index (κ2) is 2.54. The molecule has 0 bridgehead atoms. The molecule has 10 heavy (non-hydrogen) atoms. The molecule has 58 valence electrons. The van der Waals surface area contributed by atoms with Gasteiger partial charge in [-0.05, 0) is 37.5 Å². The molecule has 0 spiro atoms. The molecule has 0 aliphatic heterocycles. The summed E-state index contributed by atoms with van der Waals surface area (Å²) in [5.41, 5.74) is 0. The summed E-state index contributed by atoms with van der Waals surface area (Å²) in [6, 6.07) is 0. The summed E-state index contributed by atoms with van der Waals surface area (Å²) >= 11 is 0. The van der Waals surface area contributed by atoms with Gasteiger partial charge in [-0.2, -0.15) is 0 Å². The van der Waals surface area contributed by atoms with E-state index in [9.17, 15) is 0 Å². The smallest absolute Gasteiger partial charge is 0.0602 e. The Hall–Kier alpha value is -0.0400. The van der Waals surface area contributed by atoms with Gasteiger partial charge in [-0.3, -0.25) is 0 Å². The molecule has 3 atom stereocenters. The van der Waals surface area contributed by atoms with Gasteiger partial charge in [0, 0.05) is 7.11 Å². The number of ether oxygens (including phenoxy) is 1. The van der Waals surface area contributed by atoms with Crippen LogP contribution in [0.25, 0.3) is 0 Å². The lowest BCUT2D eigenvalue weighted by atomic mass is 9.64. The summed E-state index contributed by atoms with van der Waals surface area (Å²) in [5, 5.41) is 0. The van der Waals surface area contributed by atoms with Crippen LogP contribution in [0.4, 0.5) is 0 Å². The summed E-state index contributed by atoms with van der Waals surface area (Å²) in [5.74, 6) is 1.98. The molecule has 0 aromatic carbocycles. The summed E-state index contributed by atoms with van der Waals surface area (Å²) < 4.78 is 5.43. The highest BCUT2D eigenvalue weighted by molar-refractivity contribution is 4.90. The van der Waals surface area contributed by atoms with E-state index in [1.807, 2.05) is 7.11 Å². The van der Waals surface area contributed by atoms with Crippen molar-refractivity contribution in [2.45, 2.75) is 38.2 Å². The minimum absolute atomic E-state index is 0.618. The number of hydrogen-bond donors (Lipinski definition) is 0. The highest BCUT2D eigenvalue weighted by Gasteiger charge is 2.39. The minimum Gasteiger partial charge on any atom is -0.381 e. The number of hydrogen-bond acceptors (Lipinski definition) is 1. The quantitative estimate of drug-likeness (QED) is 0.542. The molecule has 1 nitrogen and oxygen atoms in total. The lowest BCUT2D eigenvalue weighted by Gasteiger charge is -2.45. The van der Waals surface area contributed by atoms with Crippen LogP contribution in [0.15, 0.2) is 0 Å². The molecule has 0 N–H and O–H groups in total. The van der Waals surface area contributed by atoms with Gasteiger partial charge < -0.3 is 4.74 Å². The standard InChI is InChI=1S/C9H16O/c1-10-9-4-2-3-7-5-6-8(7)9/h7-9H,2-6H2,1H3. The molecule has 0 aromatic rings. The fraction of sp³-hybridized carbons (Fsp3) is 1.00. The monoisotopic (exact) mass is 140 g/mol. The molecule has 2 saturated carbocycles. The minimum atomic E-state index is 0.618. The normalized spacial score (nSPS) is 45.9. The van der Waals surface area contributed by atoms with Crippen LogP contribution in [0.1, 0.15) is 32.1 Å². The summed E-state index contributed by atoms with van der Waals surface area (Å²) in [7, 11) is 1.87. The van der Waals surface area contributed by atoms with Crippen molar-refractivity contribution in [3.8, 4) is 0 Å². The van der Waals surface area contributed by atoms with Crippen LogP contribution in [0, 0.1) is 11.8 Å². The van der Waals surface area contributed by atoms with Crippen molar-refractivity contribution in [1.29, 1.82) is 0 Å². The first-order valence-corrected chi connectivity index (χ1v) is 4.44. The molecule has 0 amide bonds. The van der Waals surface area contributed by atoms with Crippen molar-refractivity contribution in [3.63, 3.8) is 0 Å². The van der Waals surface area contributed by atoms with Crippen molar-refractivity contribution >= 4 is 0 Å². The lowest BCUT2D eigenvalue weighted by molar-refractivity contribution is -0.0500. The van der Waals surface area contributed by atoms with Gasteiger partial charge in [-0.15, -0.1) is 0 Å². The zero-order chi connectivity index (χ0) is 6.97. The van der Waals surface area contributed by atoms with Gasteiger partial charge in [0.15, 0.2) is 0 Å². The van der Waals surface area contributed by atoms with Crippen molar-refractivity contribution in [2.75, 3.05) is 7.11 Å². The third-order valence-corrected chi connectivity index (χ3v) is 3.32. The maximum atomic E-state index is 5.43. The van der Waals surface area contributed by atoms with Crippen molar-refractivity contribution < 1.29 is 4.74 Å². The number of rotatable bonds is 1. The Labute approximate surface area is 62.8 Å². The van der Waals surface area contributed by atoms with Gasteiger partial charge in [0.1, 0.15) is 0 Å². The number of fused-ring (bicyclic) bond motifs is 1. The van der Waals surface area contributed by atoms with Crippen LogP contribution < -0.4 is 0 Å². The molecular formula is C9H16O. The van der Waals surface area contributed by atoms with Crippen molar-refractivity contribution in [3.05, 3.63) is 0 Å². The van der Waals surface area contributed by atoms with Gasteiger partial charge in [0.25, 0.3) is 0 Å². The molecule has 2 rings (SSSR count). The molecule has 3 unspecified atom stereocenters. The molecule has 2 fully saturated rings. The second-order valence-corrected chi connectivity index (χ2v) is 3.71. The topological polar surface area (TPSA) is 9.23 Å². The van der Waals surface area contributed by atoms with E-state index in [2.05, 4.69) is 0 Å². The fourth-order valence-electron chi connectivity index (χ4n) is 2.53. The Balaban J connectivity index is 1.94. The van der Waals surface area contributed by atoms with E-state index in [0.29, 0.717) is 6.10 Å². The average Bonchev–Trinajstić information content (AvgIpc) is 1.91. The Kier molecular flexibility index (Phi) is 1.69. The fourth-order valence-corrected chi connectivity index (χ4v) is 2.53. The van der Waals surface area contributed by atoms with Crippen LogP contribution in [0.2, 0.25) is 0 Å². The van der Waals surface area contributed by atoms with E-state index in [1.54, 1.807) is 0 Å². The molecule has 0 radical (unpaired) electrons. The van der Waals surface area contributed by atoms with E-state index in [4.69, 9.17) is 4.74 Å². The van der Waals surface area contributed by atoms with Crippen LogP contribution >= 0.6 is 0 Å². The Bertz CT molecular complexity index is 120. The predicted octanol–water partition coefficient (Wildman–Crippen LogP) is 2.21. The van der Waals surface area contributed by atoms with E-state index < -0.39 is 0 Å². The Morgan fingerprint density at radius 1 is 1.10 bits per heavy atom. The Morgan fingerprint density at radius 2 is 2.00 bits per heavy atom. The molecule has 2 aliphatic carbocycles. The first-order valence-electron chi connectivity index (χ1n) is 4.44. The van der Waals surface area contributed by atoms with Gasteiger partial charge in [0.2, 0.25) is 0 Å². The first kappa shape index (κ1) is 6.66. The molecule has 0 heterocycles. The average molecular weight is 140 g/mol. The highest BCUT2D eigenvalue weighted by atomic mass is 16.5. The predicted molar refractivity (Wildman–Crippen MR) is 40.9 cm³/mol. The summed E-state index contributed by atoms with van der Waals surface area (Å²) in [4.78, 5) is 0. The maximum absolute atomic E-state index is 5.43. The zero-order valence-corrected chi connectivity index (χ0v) is 6.68. The molecule has 1 heteroatoms. The van der Waals surface area contributed by atoms with E-state index >= 15 is 0 Å². The first-order chi connectivity index (χ1) is 4.92. The van der Waals surface area contributed by atoms with Gasteiger partial charge in [-0.1, -0.05) is 6.42 Å². The molecule has 2 aliphatic rings. The van der Waals surface area contributed by atoms with Gasteiger partial charge >= 0.3 is 0 Å². The van der Waals surface area contributed by atoms with Gasteiger partial charge in [-0.25, -0.2) is 0 Å². The van der Waals surface area contributed by atoms with Crippen LogP contribution in [-0.4, -0.2) is 13.2 Å². The second-order valence-electron chi connectivity index (χ2n) is 3.71. The van der Waals surface area contributed by atoms with Crippen LogP contribution in [0.3, 0.4) is 0 Å². The van der Waals surface area contributed by atoms with E-state index in [0.717, 1.165) is 11.8 Å². The third-order valence-electron chi connectivity index (χ3n) is 3.32. The summed E-state index contributed by atoms with van der Waals surface area (Å²) in [6.07, 6.45) is 7.72. The zero-order valence-electron chi connectivity index (χ0n) is 6.68. The van der Waals surface area contributed by atoms with E-state index in [1.165, 1.54) is 32.1 Å². The maximum Gasteiger partial charge on any atom is 0.0602 e. The number of methoxy groups -OCH3 is 1. The molecule has 0 saturated heterocycles. The summed E-state index contributed by atoms with van der Waals surface area (Å²) in [6.45, 7) is 0. The van der Waals surface area contributed by atoms with Crippen molar-refractivity contribution in [1.82, 2.24) is 0 Å². The Morgan fingerprint density at radius 3 is 2.50 bits per heavy atom. The molecular weight excluding hydrogens is 124 g/mol. The van der Waals surface area contributed by atoms with Crippen LogP contribution in [0.5, 0.6) is 0 Å². The largest absolute Gasteiger partial charge is 0.381 e. The third kappa shape index (κ3) is 0.878. The van der Waals surface area contributed by atoms with Crippen LogP contribution in [-0.2, 0) is 4.74 Å². The van der Waals surface area contributed by atoms with E-state index in [-0.39, 0.29) is 0 Å². The lowest BCUT2D eigenvalue weighted by Crippen LogP contribution is -2.40. The van der Waals surface area contributed by atoms with Gasteiger partial charge in [0.05, 0.1) is 6.10 Å². The molecule has 0 aromatic heterocycles. The SMILES string of the molecule is COC1CCCC2CCC21.